The van der Waals surface area contributed by atoms with E-state index in [0.717, 1.165) is 76.0 Å². The molecular weight excluding hydrogens is 709 g/mol. The van der Waals surface area contributed by atoms with E-state index in [0.29, 0.717) is 19.3 Å². The van der Waals surface area contributed by atoms with Gasteiger partial charge in [-0.05, 0) is 31.1 Å². The summed E-state index contributed by atoms with van der Waals surface area (Å²) >= 11 is 0. The number of hydrogen-bond acceptors (Lipinski definition) is 6. The molecule has 0 radical (unpaired) electrons. The second-order valence-electron chi connectivity index (χ2n) is 18.2. The van der Waals surface area contributed by atoms with Crippen molar-refractivity contribution in [3.8, 4) is 0 Å². The molecule has 0 aliphatic carbocycles. The van der Waals surface area contributed by atoms with Gasteiger partial charge in [0.15, 0.2) is 6.10 Å². The minimum absolute atomic E-state index is 0.0656. The van der Waals surface area contributed by atoms with Crippen molar-refractivity contribution < 1.29 is 28.6 Å². The molecule has 6 nitrogen and oxygen atoms in total. The topological polar surface area (TPSA) is 78.9 Å². The predicted molar refractivity (Wildman–Crippen MR) is 243 cm³/mol. The largest absolute Gasteiger partial charge is 0.462 e. The Morgan fingerprint density at radius 1 is 0.368 bits per heavy atom. The smallest absolute Gasteiger partial charge is 0.306 e. The van der Waals surface area contributed by atoms with Crippen LogP contribution in [-0.4, -0.2) is 37.2 Å². The van der Waals surface area contributed by atoms with Crippen molar-refractivity contribution in [1.82, 2.24) is 0 Å². The van der Waals surface area contributed by atoms with Crippen LogP contribution < -0.4 is 0 Å². The molecule has 0 fully saturated rings. The number of hydrogen-bond donors (Lipinski definition) is 0. The molecule has 0 heterocycles. The van der Waals surface area contributed by atoms with Gasteiger partial charge >= 0.3 is 17.9 Å². The summed E-state index contributed by atoms with van der Waals surface area (Å²) in [7, 11) is 0. The molecule has 338 valence electrons. The van der Waals surface area contributed by atoms with Crippen LogP contribution in [0.4, 0.5) is 0 Å². The average molecular weight is 807 g/mol. The fourth-order valence-electron chi connectivity index (χ4n) is 7.60. The molecule has 0 spiro atoms. The van der Waals surface area contributed by atoms with Gasteiger partial charge in [0.25, 0.3) is 0 Å². The number of esters is 3. The van der Waals surface area contributed by atoms with Crippen molar-refractivity contribution in [2.45, 2.75) is 285 Å². The van der Waals surface area contributed by atoms with Crippen molar-refractivity contribution in [2.75, 3.05) is 13.2 Å². The highest BCUT2D eigenvalue weighted by Crippen LogP contribution is 2.18. The number of carbonyl (C=O) groups excluding carboxylic acids is 3. The summed E-state index contributed by atoms with van der Waals surface area (Å²) in [6, 6.07) is 0. The maximum Gasteiger partial charge on any atom is 0.306 e. The zero-order chi connectivity index (χ0) is 41.9. The first-order chi connectivity index (χ1) is 27.8. The van der Waals surface area contributed by atoms with Gasteiger partial charge in [-0.25, -0.2) is 0 Å². The molecule has 0 aliphatic heterocycles. The fourth-order valence-corrected chi connectivity index (χ4v) is 7.60. The third-order valence-corrected chi connectivity index (χ3v) is 11.8. The summed E-state index contributed by atoms with van der Waals surface area (Å²) in [6.07, 6.45) is 44.1. The first-order valence-electron chi connectivity index (χ1n) is 25.3. The van der Waals surface area contributed by atoms with Crippen molar-refractivity contribution in [1.29, 1.82) is 0 Å². The fraction of sp³-hybridized carbons (Fsp3) is 0.941. The van der Waals surface area contributed by atoms with E-state index in [4.69, 9.17) is 14.2 Å². The molecule has 0 aliphatic rings. The first kappa shape index (κ1) is 55.4. The van der Waals surface area contributed by atoms with Crippen molar-refractivity contribution in [3.63, 3.8) is 0 Å². The molecule has 0 saturated carbocycles. The van der Waals surface area contributed by atoms with Crippen LogP contribution >= 0.6 is 0 Å². The number of rotatable bonds is 45. The Labute approximate surface area is 355 Å². The van der Waals surface area contributed by atoms with Gasteiger partial charge in [0.05, 0.1) is 0 Å². The Morgan fingerprint density at radius 3 is 1.00 bits per heavy atom. The zero-order valence-electron chi connectivity index (χ0n) is 39.0. The molecule has 0 rings (SSSR count). The minimum Gasteiger partial charge on any atom is -0.462 e. The summed E-state index contributed by atoms with van der Waals surface area (Å²) < 4.78 is 16.6. The highest BCUT2D eigenvalue weighted by Gasteiger charge is 2.19. The van der Waals surface area contributed by atoms with Gasteiger partial charge in [0, 0.05) is 19.3 Å². The summed E-state index contributed by atoms with van der Waals surface area (Å²) in [5.74, 6) is 0.852. The van der Waals surface area contributed by atoms with E-state index < -0.39 is 6.10 Å². The lowest BCUT2D eigenvalue weighted by Gasteiger charge is -2.18. The van der Waals surface area contributed by atoms with Crippen molar-refractivity contribution in [3.05, 3.63) is 0 Å². The Hall–Kier alpha value is -1.59. The second kappa shape index (κ2) is 44.0. The molecular formula is C51H98O6. The lowest BCUT2D eigenvalue weighted by molar-refractivity contribution is -0.167. The van der Waals surface area contributed by atoms with E-state index in [1.807, 2.05) is 0 Å². The van der Waals surface area contributed by atoms with Crippen LogP contribution in [0.5, 0.6) is 0 Å². The van der Waals surface area contributed by atoms with Crippen LogP contribution in [0, 0.1) is 11.8 Å². The van der Waals surface area contributed by atoms with E-state index in [-0.39, 0.29) is 31.1 Å². The summed E-state index contributed by atoms with van der Waals surface area (Å²) in [5, 5.41) is 0. The SMILES string of the molecule is CCCCCCCC(=O)O[C@@H](COC(=O)CCCCCCCCCCCCCCCCCCCCC(C)CC)COC(=O)CCCCCCCCCCCC(C)C. The first-order valence-corrected chi connectivity index (χ1v) is 25.3. The molecule has 0 bridgehead atoms. The van der Waals surface area contributed by atoms with Crippen LogP contribution in [0.1, 0.15) is 279 Å². The van der Waals surface area contributed by atoms with Gasteiger partial charge < -0.3 is 14.2 Å². The molecule has 1 unspecified atom stereocenters. The summed E-state index contributed by atoms with van der Waals surface area (Å²) in [5.41, 5.74) is 0. The van der Waals surface area contributed by atoms with E-state index in [1.165, 1.54) is 161 Å². The van der Waals surface area contributed by atoms with Crippen LogP contribution in [0.15, 0.2) is 0 Å². The van der Waals surface area contributed by atoms with Gasteiger partial charge in [-0.2, -0.15) is 0 Å². The molecule has 0 aromatic carbocycles. The maximum absolute atomic E-state index is 12.5. The van der Waals surface area contributed by atoms with Gasteiger partial charge in [0.2, 0.25) is 0 Å². The second-order valence-corrected chi connectivity index (χ2v) is 18.2. The Morgan fingerprint density at radius 2 is 0.667 bits per heavy atom. The molecule has 0 aromatic heterocycles. The van der Waals surface area contributed by atoms with Crippen LogP contribution in [-0.2, 0) is 28.6 Å². The highest BCUT2D eigenvalue weighted by atomic mass is 16.6. The van der Waals surface area contributed by atoms with Crippen molar-refractivity contribution >= 4 is 17.9 Å². The van der Waals surface area contributed by atoms with Gasteiger partial charge in [-0.1, -0.05) is 240 Å². The quantitative estimate of drug-likeness (QED) is 0.0346. The van der Waals surface area contributed by atoms with E-state index in [1.54, 1.807) is 0 Å². The van der Waals surface area contributed by atoms with Crippen LogP contribution in [0.3, 0.4) is 0 Å². The third-order valence-electron chi connectivity index (χ3n) is 11.8. The van der Waals surface area contributed by atoms with Gasteiger partial charge in [0.1, 0.15) is 13.2 Å². The molecule has 57 heavy (non-hydrogen) atoms. The molecule has 0 amide bonds. The molecule has 0 saturated heterocycles. The lowest BCUT2D eigenvalue weighted by Crippen LogP contribution is -2.30. The molecule has 0 aromatic rings. The van der Waals surface area contributed by atoms with Gasteiger partial charge in [-0.3, -0.25) is 14.4 Å². The maximum atomic E-state index is 12.5. The Bertz CT molecular complexity index is 872. The summed E-state index contributed by atoms with van der Waals surface area (Å²) in [4.78, 5) is 37.5. The molecule has 6 heteroatoms. The standard InChI is InChI=1S/C51H98O6/c1-6-8-9-29-38-43-51(54)57-48(45-56-50(53)42-37-33-28-24-20-21-25-30-34-39-46(3)4)44-55-49(52)41-36-32-27-23-19-17-15-13-11-10-12-14-16-18-22-26-31-35-40-47(5)7-2/h46-48H,6-45H2,1-5H3/t47?,48-/m0/s1. The number of carbonyl (C=O) groups is 3. The van der Waals surface area contributed by atoms with E-state index in [2.05, 4.69) is 34.6 Å². The minimum atomic E-state index is -0.759. The molecule has 0 N–H and O–H groups in total. The Kier molecular flexibility index (Phi) is 42.7. The summed E-state index contributed by atoms with van der Waals surface area (Å²) in [6.45, 7) is 11.3. The van der Waals surface area contributed by atoms with Crippen molar-refractivity contribution in [2.24, 2.45) is 11.8 Å². The monoisotopic (exact) mass is 807 g/mol. The molecule has 2 atom stereocenters. The third kappa shape index (κ3) is 43.8. The lowest BCUT2D eigenvalue weighted by atomic mass is 9.99. The zero-order valence-corrected chi connectivity index (χ0v) is 39.0. The predicted octanol–water partition coefficient (Wildman–Crippen LogP) is 16.1. The van der Waals surface area contributed by atoms with Crippen LogP contribution in [0.25, 0.3) is 0 Å². The van der Waals surface area contributed by atoms with E-state index in [9.17, 15) is 14.4 Å². The van der Waals surface area contributed by atoms with E-state index >= 15 is 0 Å². The Balaban J connectivity index is 4.01. The number of unbranched alkanes of at least 4 members (excludes halogenated alkanes) is 29. The normalized spacial score (nSPS) is 12.5. The van der Waals surface area contributed by atoms with Crippen LogP contribution in [0.2, 0.25) is 0 Å². The van der Waals surface area contributed by atoms with Gasteiger partial charge in [-0.15, -0.1) is 0 Å². The average Bonchev–Trinajstić information content (AvgIpc) is 3.19. The number of ether oxygens (including phenoxy) is 3. The highest BCUT2D eigenvalue weighted by molar-refractivity contribution is 5.71.